The molecule has 0 spiro atoms. The highest BCUT2D eigenvalue weighted by Crippen LogP contribution is 2.25. The second kappa shape index (κ2) is 11.4. The zero-order chi connectivity index (χ0) is 24.9. The summed E-state index contributed by atoms with van der Waals surface area (Å²) in [5, 5.41) is 7.97. The monoisotopic (exact) mass is 507 g/mol. The van der Waals surface area contributed by atoms with Gasteiger partial charge in [-0.15, -0.1) is 0 Å². The van der Waals surface area contributed by atoms with Gasteiger partial charge in [0.1, 0.15) is 0 Å². The average molecular weight is 508 g/mol. The number of nitrogens with one attached hydrogen (secondary N) is 1. The minimum Gasteiger partial charge on any atom is -0.372 e. The van der Waals surface area contributed by atoms with Crippen molar-refractivity contribution in [3.63, 3.8) is 0 Å². The third-order valence-electron chi connectivity index (χ3n) is 7.34. The highest BCUT2D eigenvalue weighted by molar-refractivity contribution is 6.30. The summed E-state index contributed by atoms with van der Waals surface area (Å²) in [5.41, 5.74) is 3.27. The molecule has 1 amide bonds. The van der Waals surface area contributed by atoms with Crippen LogP contribution in [-0.4, -0.2) is 47.1 Å². The third-order valence-corrected chi connectivity index (χ3v) is 7.58. The van der Waals surface area contributed by atoms with Crippen LogP contribution in [-0.2, 0) is 11.3 Å². The molecule has 3 aromatic rings. The van der Waals surface area contributed by atoms with Gasteiger partial charge in [0, 0.05) is 35.3 Å². The summed E-state index contributed by atoms with van der Waals surface area (Å²) >= 11 is 6.07. The largest absolute Gasteiger partial charge is 0.372 e. The van der Waals surface area contributed by atoms with E-state index in [2.05, 4.69) is 56.4 Å². The maximum absolute atomic E-state index is 13.0. The van der Waals surface area contributed by atoms with Gasteiger partial charge < -0.3 is 14.7 Å². The van der Waals surface area contributed by atoms with Gasteiger partial charge in [0.15, 0.2) is 0 Å². The quantitative estimate of drug-likeness (QED) is 0.457. The van der Waals surface area contributed by atoms with Crippen LogP contribution < -0.4 is 10.2 Å². The molecule has 36 heavy (non-hydrogen) atoms. The Bertz CT molecular complexity index is 1150. The van der Waals surface area contributed by atoms with E-state index in [4.69, 9.17) is 16.1 Å². The SMILES string of the molecule is CC(NC(=O)C1CCN(Cc2nc(-c3cccc(Cl)c3)no2)CC1)c1ccc(N2CCCCC2)cc1. The molecular weight excluding hydrogens is 474 g/mol. The van der Waals surface area contributed by atoms with Gasteiger partial charge in [-0.2, -0.15) is 4.98 Å². The number of carbonyl (C=O) groups is 1. The number of hydrogen-bond acceptors (Lipinski definition) is 6. The summed E-state index contributed by atoms with van der Waals surface area (Å²) in [5.74, 6) is 1.29. The predicted molar refractivity (Wildman–Crippen MR) is 142 cm³/mol. The van der Waals surface area contributed by atoms with Crippen molar-refractivity contribution in [1.29, 1.82) is 0 Å². The van der Waals surface area contributed by atoms with Gasteiger partial charge in [0.05, 0.1) is 12.6 Å². The lowest BCUT2D eigenvalue weighted by molar-refractivity contribution is -0.127. The van der Waals surface area contributed by atoms with E-state index in [0.717, 1.165) is 50.1 Å². The Hall–Kier alpha value is -2.90. The third kappa shape index (κ3) is 6.08. The van der Waals surface area contributed by atoms with E-state index in [1.54, 1.807) is 0 Å². The number of anilines is 1. The first-order valence-corrected chi connectivity index (χ1v) is 13.4. The van der Waals surface area contributed by atoms with Crippen molar-refractivity contribution in [3.8, 4) is 11.4 Å². The molecule has 2 aromatic carbocycles. The van der Waals surface area contributed by atoms with E-state index in [0.29, 0.717) is 23.3 Å². The molecule has 0 saturated carbocycles. The lowest BCUT2D eigenvalue weighted by Gasteiger charge is -2.31. The molecule has 5 rings (SSSR count). The number of amides is 1. The Morgan fingerprint density at radius 1 is 1.08 bits per heavy atom. The van der Waals surface area contributed by atoms with Crippen LogP contribution in [0.25, 0.3) is 11.4 Å². The first-order chi connectivity index (χ1) is 17.5. The van der Waals surface area contributed by atoms with Gasteiger partial charge in [0.25, 0.3) is 0 Å². The highest BCUT2D eigenvalue weighted by Gasteiger charge is 2.27. The molecule has 8 heteroatoms. The number of piperidine rings is 2. The van der Waals surface area contributed by atoms with Crippen LogP contribution in [0.1, 0.15) is 56.5 Å². The Morgan fingerprint density at radius 3 is 2.56 bits per heavy atom. The molecule has 1 atom stereocenters. The Balaban J connectivity index is 1.08. The van der Waals surface area contributed by atoms with Gasteiger partial charge in [0.2, 0.25) is 17.6 Å². The normalized spacial score (nSPS) is 18.2. The second-order valence-electron chi connectivity index (χ2n) is 9.94. The molecule has 0 bridgehead atoms. The van der Waals surface area contributed by atoms with Crippen molar-refractivity contribution in [2.24, 2.45) is 5.92 Å². The molecule has 2 fully saturated rings. The summed E-state index contributed by atoms with van der Waals surface area (Å²) in [7, 11) is 0. The van der Waals surface area contributed by atoms with E-state index in [1.165, 1.54) is 24.9 Å². The fourth-order valence-electron chi connectivity index (χ4n) is 5.15. The topological polar surface area (TPSA) is 74.5 Å². The minimum absolute atomic E-state index is 0.00533. The molecule has 190 valence electrons. The fraction of sp³-hybridized carbons (Fsp3) is 0.464. The molecule has 2 saturated heterocycles. The summed E-state index contributed by atoms with van der Waals surface area (Å²) in [4.78, 5) is 22.2. The van der Waals surface area contributed by atoms with Gasteiger partial charge in [-0.3, -0.25) is 9.69 Å². The maximum atomic E-state index is 13.0. The van der Waals surface area contributed by atoms with E-state index in [-0.39, 0.29) is 17.9 Å². The van der Waals surface area contributed by atoms with Crippen LogP contribution in [0, 0.1) is 5.92 Å². The average Bonchev–Trinajstić information content (AvgIpc) is 3.38. The molecule has 2 aliphatic rings. The van der Waals surface area contributed by atoms with Crippen LogP contribution in [0.5, 0.6) is 0 Å². The van der Waals surface area contributed by atoms with Gasteiger partial charge in [-0.25, -0.2) is 0 Å². The number of aromatic nitrogens is 2. The van der Waals surface area contributed by atoms with Crippen molar-refractivity contribution < 1.29 is 9.32 Å². The molecule has 1 aromatic heterocycles. The lowest BCUT2D eigenvalue weighted by atomic mass is 9.95. The van der Waals surface area contributed by atoms with Gasteiger partial charge >= 0.3 is 0 Å². The molecule has 1 N–H and O–H groups in total. The van der Waals surface area contributed by atoms with Crippen LogP contribution >= 0.6 is 11.6 Å². The first kappa shape index (κ1) is 24.8. The highest BCUT2D eigenvalue weighted by atomic mass is 35.5. The molecule has 7 nitrogen and oxygen atoms in total. The smallest absolute Gasteiger partial charge is 0.241 e. The Labute approximate surface area is 217 Å². The minimum atomic E-state index is -0.00533. The molecule has 1 unspecified atom stereocenters. The Kier molecular flexibility index (Phi) is 7.87. The molecular formula is C28H34ClN5O2. The van der Waals surface area contributed by atoms with Crippen LogP contribution in [0.3, 0.4) is 0 Å². The van der Waals surface area contributed by atoms with Crippen molar-refractivity contribution in [1.82, 2.24) is 20.4 Å². The zero-order valence-electron chi connectivity index (χ0n) is 20.8. The summed E-state index contributed by atoms with van der Waals surface area (Å²) < 4.78 is 5.46. The Morgan fingerprint density at radius 2 is 1.83 bits per heavy atom. The van der Waals surface area contributed by atoms with Crippen molar-refractivity contribution >= 4 is 23.2 Å². The number of rotatable bonds is 7. The van der Waals surface area contributed by atoms with Crippen molar-refractivity contribution in [3.05, 3.63) is 65.0 Å². The fourth-order valence-corrected chi connectivity index (χ4v) is 5.34. The van der Waals surface area contributed by atoms with Crippen molar-refractivity contribution in [2.75, 3.05) is 31.1 Å². The number of benzene rings is 2. The second-order valence-corrected chi connectivity index (χ2v) is 10.4. The number of likely N-dealkylation sites (tertiary alicyclic amines) is 1. The predicted octanol–water partition coefficient (Wildman–Crippen LogP) is 5.47. The summed E-state index contributed by atoms with van der Waals surface area (Å²) in [6.45, 7) is 6.58. The lowest BCUT2D eigenvalue weighted by Crippen LogP contribution is -2.41. The van der Waals surface area contributed by atoms with E-state index >= 15 is 0 Å². The van der Waals surface area contributed by atoms with Gasteiger partial charge in [-0.05, 0) is 81.9 Å². The maximum Gasteiger partial charge on any atom is 0.241 e. The van der Waals surface area contributed by atoms with Crippen LogP contribution in [0.4, 0.5) is 5.69 Å². The van der Waals surface area contributed by atoms with E-state index in [9.17, 15) is 4.79 Å². The number of halogens is 1. The van der Waals surface area contributed by atoms with Crippen molar-refractivity contribution in [2.45, 2.75) is 51.6 Å². The van der Waals surface area contributed by atoms with Crippen LogP contribution in [0.2, 0.25) is 5.02 Å². The van der Waals surface area contributed by atoms with E-state index in [1.807, 2.05) is 24.3 Å². The zero-order valence-corrected chi connectivity index (χ0v) is 21.6. The van der Waals surface area contributed by atoms with E-state index < -0.39 is 0 Å². The van der Waals surface area contributed by atoms with Gasteiger partial charge in [-0.1, -0.05) is 41.0 Å². The standard InChI is InChI=1S/C28H34ClN5O2/c1-20(21-8-10-25(11-9-21)34-14-3-2-4-15-34)30-28(35)22-12-16-33(17-13-22)19-26-31-27(32-36-26)23-6-5-7-24(29)18-23/h5-11,18,20,22H,2-4,12-17,19H2,1H3,(H,30,35). The van der Waals surface area contributed by atoms with Crippen LogP contribution in [0.15, 0.2) is 53.1 Å². The first-order valence-electron chi connectivity index (χ1n) is 13.0. The number of hydrogen-bond donors (Lipinski definition) is 1. The molecule has 3 heterocycles. The number of carbonyl (C=O) groups excluding carboxylic acids is 1. The number of nitrogens with zero attached hydrogens (tertiary/aromatic N) is 4. The molecule has 0 aliphatic carbocycles. The molecule has 0 radical (unpaired) electrons. The summed E-state index contributed by atoms with van der Waals surface area (Å²) in [6.07, 6.45) is 5.51. The molecule has 2 aliphatic heterocycles. The summed E-state index contributed by atoms with van der Waals surface area (Å²) in [6, 6.07) is 16.1.